The molecular weight excluding hydrogens is 811 g/mol. The Labute approximate surface area is 376 Å². The van der Waals surface area contributed by atoms with Crippen molar-refractivity contribution in [2.24, 2.45) is 11.5 Å². The lowest BCUT2D eigenvalue weighted by atomic mass is 10.2. The van der Waals surface area contributed by atoms with Gasteiger partial charge in [-0.05, 0) is 61.4 Å². The third kappa shape index (κ3) is 19.9. The zero-order valence-corrected chi connectivity index (χ0v) is 36.8. The summed E-state index contributed by atoms with van der Waals surface area (Å²) in [4.78, 5) is 64.0. The Bertz CT molecular complexity index is 1800. The van der Waals surface area contributed by atoms with Gasteiger partial charge in [0.25, 0.3) is 0 Å². The molecule has 64 heavy (non-hydrogen) atoms. The molecule has 0 aromatic carbocycles. The second-order valence-corrected chi connectivity index (χ2v) is 15.1. The second-order valence-electron chi connectivity index (χ2n) is 15.1. The van der Waals surface area contributed by atoms with Gasteiger partial charge in [0.05, 0.1) is 22.8 Å². The van der Waals surface area contributed by atoms with Gasteiger partial charge in [0.15, 0.2) is 0 Å². The van der Waals surface area contributed by atoms with E-state index in [4.69, 9.17) is 26.4 Å². The van der Waals surface area contributed by atoms with Crippen LogP contribution in [0.4, 0.5) is 17.8 Å². The van der Waals surface area contributed by atoms with Crippen LogP contribution < -0.4 is 38.1 Å². The fourth-order valence-electron chi connectivity index (χ4n) is 6.71. The first kappa shape index (κ1) is 48.8. The van der Waals surface area contributed by atoms with Crippen LogP contribution in [0.5, 0.6) is 0 Å². The molecule has 5 aromatic heterocycles. The highest BCUT2D eigenvalue weighted by molar-refractivity contribution is 5.76. The van der Waals surface area contributed by atoms with E-state index in [0.29, 0.717) is 109 Å². The van der Waals surface area contributed by atoms with Crippen LogP contribution in [0.2, 0.25) is 0 Å². The number of pyridine rings is 4. The second kappa shape index (κ2) is 29.2. The Morgan fingerprint density at radius 2 is 0.797 bits per heavy atom. The molecule has 0 saturated carbocycles. The molecule has 0 atom stereocenters. The van der Waals surface area contributed by atoms with Crippen LogP contribution in [0.15, 0.2) is 97.6 Å². The minimum atomic E-state index is -0.0898. The number of amides is 2. The average molecular weight is 876 g/mol. The zero-order chi connectivity index (χ0) is 44.9. The summed E-state index contributed by atoms with van der Waals surface area (Å²) in [5.41, 5.74) is 15.1. The Morgan fingerprint density at radius 3 is 1.12 bits per heavy atom. The highest BCUT2D eigenvalue weighted by Crippen LogP contribution is 2.13. The molecule has 0 saturated heterocycles. The summed E-state index contributed by atoms with van der Waals surface area (Å²) in [5, 5.41) is 15.9. The summed E-state index contributed by atoms with van der Waals surface area (Å²) < 4.78 is 0. The van der Waals surface area contributed by atoms with Crippen LogP contribution in [0.3, 0.4) is 0 Å². The van der Waals surface area contributed by atoms with Crippen molar-refractivity contribution in [1.82, 2.24) is 60.2 Å². The number of rotatable bonds is 32. The van der Waals surface area contributed by atoms with Crippen molar-refractivity contribution < 1.29 is 9.59 Å². The average Bonchev–Trinajstić information content (AvgIpc) is 3.32. The summed E-state index contributed by atoms with van der Waals surface area (Å²) in [5.74, 6) is 1.11. The van der Waals surface area contributed by atoms with Crippen molar-refractivity contribution in [2.75, 3.05) is 94.5 Å². The van der Waals surface area contributed by atoms with Gasteiger partial charge in [-0.15, -0.1) is 0 Å². The third-order valence-electron chi connectivity index (χ3n) is 9.91. The normalized spacial score (nSPS) is 11.2. The summed E-state index contributed by atoms with van der Waals surface area (Å²) in [7, 11) is 0. The van der Waals surface area contributed by atoms with E-state index >= 15 is 0 Å². The van der Waals surface area contributed by atoms with Gasteiger partial charge in [-0.2, -0.15) is 15.0 Å². The fourth-order valence-corrected chi connectivity index (χ4v) is 6.71. The van der Waals surface area contributed by atoms with Crippen LogP contribution in [-0.2, 0) is 35.8 Å². The fraction of sp³-hybridized carbons (Fsp3) is 0.444. The number of nitrogens with one attached hydrogen (secondary N) is 5. The molecule has 5 rings (SSSR count). The van der Waals surface area contributed by atoms with Crippen LogP contribution in [0.25, 0.3) is 0 Å². The maximum absolute atomic E-state index is 12.4. The van der Waals surface area contributed by atoms with Gasteiger partial charge in [-0.3, -0.25) is 39.3 Å². The number of hydrogen-bond donors (Lipinski definition) is 7. The standard InChI is InChI=1S/C45H65N17O2/c46-17-25-52-41(63)15-30-60(31-16-42(64)53-26-18-47)32-27-56-45-58-43(54-23-9-28-61(33-37-11-1-5-19-48-37)34-38-12-2-6-20-49-38)57-44(59-45)55-24-10-29-62(35-39-13-3-7-21-50-39)36-40-14-4-8-22-51-40/h1-8,11-14,19-22H,9-10,15-18,23-36,46-47H2,(H,52,63)(H,53,64)(H3,54,55,56,57,58,59). The molecule has 9 N–H and O–H groups in total. The molecule has 0 aliphatic rings. The number of carbonyl (C=O) groups excluding carboxylic acids is 2. The van der Waals surface area contributed by atoms with E-state index in [-0.39, 0.29) is 24.7 Å². The number of carbonyl (C=O) groups is 2. The predicted octanol–water partition coefficient (Wildman–Crippen LogP) is 2.10. The Balaban J connectivity index is 1.23. The molecule has 5 aromatic rings. The minimum Gasteiger partial charge on any atom is -0.355 e. The van der Waals surface area contributed by atoms with Crippen molar-refractivity contribution in [1.29, 1.82) is 0 Å². The monoisotopic (exact) mass is 876 g/mol. The van der Waals surface area contributed by atoms with Crippen molar-refractivity contribution >= 4 is 29.7 Å². The minimum absolute atomic E-state index is 0.0898. The summed E-state index contributed by atoms with van der Waals surface area (Å²) in [6.07, 6.45) is 9.45. The number of hydrogen-bond acceptors (Lipinski definition) is 17. The number of nitrogens with zero attached hydrogens (tertiary/aromatic N) is 10. The van der Waals surface area contributed by atoms with Gasteiger partial charge in [0.1, 0.15) is 0 Å². The molecule has 0 spiro atoms. The zero-order valence-electron chi connectivity index (χ0n) is 36.8. The van der Waals surface area contributed by atoms with Gasteiger partial charge < -0.3 is 43.0 Å². The molecule has 0 bridgehead atoms. The molecule has 2 amide bonds. The molecule has 5 heterocycles. The molecule has 19 nitrogen and oxygen atoms in total. The van der Waals surface area contributed by atoms with E-state index in [1.165, 1.54) is 0 Å². The van der Waals surface area contributed by atoms with Gasteiger partial charge in [0, 0.05) is 142 Å². The van der Waals surface area contributed by atoms with Crippen molar-refractivity contribution in [3.63, 3.8) is 0 Å². The summed E-state index contributed by atoms with van der Waals surface area (Å²) in [6, 6.07) is 23.9. The van der Waals surface area contributed by atoms with E-state index < -0.39 is 0 Å². The van der Waals surface area contributed by atoms with Crippen molar-refractivity contribution in [2.45, 2.75) is 51.9 Å². The lowest BCUT2D eigenvalue weighted by molar-refractivity contribution is -0.121. The van der Waals surface area contributed by atoms with Crippen molar-refractivity contribution in [3.05, 3.63) is 120 Å². The first-order valence-electron chi connectivity index (χ1n) is 22.1. The maximum atomic E-state index is 12.4. The quantitative estimate of drug-likeness (QED) is 0.0306. The highest BCUT2D eigenvalue weighted by Gasteiger charge is 2.14. The molecule has 0 fully saturated rings. The van der Waals surface area contributed by atoms with Gasteiger partial charge in [0.2, 0.25) is 29.7 Å². The summed E-state index contributed by atoms with van der Waals surface area (Å²) in [6.45, 7) is 9.09. The first-order chi connectivity index (χ1) is 31.4. The summed E-state index contributed by atoms with van der Waals surface area (Å²) >= 11 is 0. The van der Waals surface area contributed by atoms with Crippen LogP contribution >= 0.6 is 0 Å². The molecule has 0 radical (unpaired) electrons. The Hall–Kier alpha value is -6.25. The van der Waals surface area contributed by atoms with Gasteiger partial charge in [-0.1, -0.05) is 24.3 Å². The topological polar surface area (TPSA) is 246 Å². The Kier molecular flexibility index (Phi) is 22.2. The SMILES string of the molecule is NCCNC(=O)CCN(CCNc1nc(NCCCN(Cc2ccccn2)Cc2ccccn2)nc(NCCCN(Cc2ccccn2)Cc2ccccn2)n1)CCC(=O)NCCN. The van der Waals surface area contributed by atoms with E-state index in [1.54, 1.807) is 0 Å². The number of aromatic nitrogens is 7. The van der Waals surface area contributed by atoms with E-state index in [2.05, 4.69) is 61.2 Å². The maximum Gasteiger partial charge on any atom is 0.229 e. The highest BCUT2D eigenvalue weighted by atomic mass is 16.2. The number of nitrogens with two attached hydrogens (primary N) is 2. The molecule has 0 aliphatic carbocycles. The molecule has 19 heteroatoms. The predicted molar refractivity (Wildman–Crippen MR) is 250 cm³/mol. The third-order valence-corrected chi connectivity index (χ3v) is 9.91. The van der Waals surface area contributed by atoms with E-state index in [9.17, 15) is 9.59 Å². The van der Waals surface area contributed by atoms with E-state index in [1.807, 2.05) is 97.6 Å². The van der Waals surface area contributed by atoms with Crippen LogP contribution in [0, 0.1) is 0 Å². The number of anilines is 3. The molecular formula is C45H65N17O2. The smallest absolute Gasteiger partial charge is 0.229 e. The Morgan fingerprint density at radius 1 is 0.438 bits per heavy atom. The lowest BCUT2D eigenvalue weighted by Gasteiger charge is -2.22. The van der Waals surface area contributed by atoms with Crippen LogP contribution in [-0.4, -0.2) is 140 Å². The lowest BCUT2D eigenvalue weighted by Crippen LogP contribution is -2.38. The van der Waals surface area contributed by atoms with Gasteiger partial charge >= 0.3 is 0 Å². The largest absolute Gasteiger partial charge is 0.355 e. The molecule has 0 unspecified atom stereocenters. The first-order valence-corrected chi connectivity index (χ1v) is 22.1. The van der Waals surface area contributed by atoms with Crippen molar-refractivity contribution in [3.8, 4) is 0 Å². The van der Waals surface area contributed by atoms with Gasteiger partial charge in [-0.25, -0.2) is 0 Å². The van der Waals surface area contributed by atoms with E-state index in [0.717, 1.165) is 48.7 Å². The molecule has 0 aliphatic heterocycles. The molecule has 342 valence electrons. The van der Waals surface area contributed by atoms with Crippen LogP contribution in [0.1, 0.15) is 48.5 Å².